The van der Waals surface area contributed by atoms with E-state index in [0.717, 1.165) is 38.6 Å². The summed E-state index contributed by atoms with van der Waals surface area (Å²) in [4.78, 5) is 26.1. The fourth-order valence-corrected chi connectivity index (χ4v) is 2.99. The van der Waals surface area contributed by atoms with Crippen LogP contribution in [0, 0.1) is 0 Å². The molecule has 5 heteroatoms. The van der Waals surface area contributed by atoms with Gasteiger partial charge in [-0.25, -0.2) is 0 Å². The summed E-state index contributed by atoms with van der Waals surface area (Å²) in [6.07, 6.45) is 5.41. The Balaban J connectivity index is 2.65. The van der Waals surface area contributed by atoms with Crippen LogP contribution in [-0.4, -0.2) is 48.6 Å². The Hall–Kier alpha value is -1.10. The van der Waals surface area contributed by atoms with Crippen molar-refractivity contribution in [3.05, 3.63) is 0 Å². The van der Waals surface area contributed by atoms with Gasteiger partial charge in [-0.1, -0.05) is 20.3 Å². The van der Waals surface area contributed by atoms with E-state index in [2.05, 4.69) is 24.1 Å². The monoisotopic (exact) mass is 298 g/mol. The zero-order valence-electron chi connectivity index (χ0n) is 13.9. The van der Waals surface area contributed by atoms with Crippen LogP contribution in [0.5, 0.6) is 0 Å². The van der Waals surface area contributed by atoms with Crippen LogP contribution in [0.4, 0.5) is 0 Å². The minimum atomic E-state index is -0.195. The summed E-state index contributed by atoms with van der Waals surface area (Å²) < 4.78 is 4.77. The summed E-state index contributed by atoms with van der Waals surface area (Å²) in [5.74, 6) is -0.125. The minimum Gasteiger partial charge on any atom is -0.469 e. The van der Waals surface area contributed by atoms with Crippen LogP contribution >= 0.6 is 0 Å². The Morgan fingerprint density at radius 3 is 2.52 bits per heavy atom. The first kappa shape index (κ1) is 18.0. The summed E-state index contributed by atoms with van der Waals surface area (Å²) in [6, 6.07) is 0.165. The number of hydrogen-bond donors (Lipinski definition) is 1. The number of nitrogens with zero attached hydrogens (tertiary/aromatic N) is 1. The molecule has 0 saturated carbocycles. The molecule has 1 saturated heterocycles. The molecule has 1 aliphatic heterocycles. The fourth-order valence-electron chi connectivity index (χ4n) is 2.99. The molecule has 1 amide bonds. The van der Waals surface area contributed by atoms with Crippen LogP contribution in [0.3, 0.4) is 0 Å². The molecule has 0 aromatic rings. The minimum absolute atomic E-state index is 0.0699. The third-order valence-electron chi connectivity index (χ3n) is 4.51. The highest BCUT2D eigenvalue weighted by molar-refractivity contribution is 5.81. The van der Waals surface area contributed by atoms with E-state index in [4.69, 9.17) is 4.74 Å². The van der Waals surface area contributed by atoms with Crippen LogP contribution in [0.2, 0.25) is 0 Å². The summed E-state index contributed by atoms with van der Waals surface area (Å²) in [6.45, 7) is 6.98. The molecule has 2 atom stereocenters. The lowest BCUT2D eigenvalue weighted by atomic mass is 9.97. The quantitative estimate of drug-likeness (QED) is 0.731. The Bertz CT molecular complexity index is 342. The van der Waals surface area contributed by atoms with Gasteiger partial charge in [0.25, 0.3) is 0 Å². The summed E-state index contributed by atoms with van der Waals surface area (Å²) in [5.41, 5.74) is 0. The molecule has 0 aromatic heterocycles. The highest BCUT2D eigenvalue weighted by Crippen LogP contribution is 2.22. The molecule has 1 fully saturated rings. The molecular weight excluding hydrogens is 268 g/mol. The van der Waals surface area contributed by atoms with Crippen LogP contribution < -0.4 is 5.32 Å². The van der Waals surface area contributed by atoms with Gasteiger partial charge in [0.1, 0.15) is 0 Å². The number of hydrogen-bond acceptors (Lipinski definition) is 4. The number of piperidine rings is 1. The predicted octanol–water partition coefficient (Wildman–Crippen LogP) is 2.10. The zero-order chi connectivity index (χ0) is 15.8. The average Bonchev–Trinajstić information content (AvgIpc) is 2.51. The second-order valence-electron chi connectivity index (χ2n) is 5.87. The van der Waals surface area contributed by atoms with Crippen LogP contribution in [-0.2, 0) is 14.3 Å². The van der Waals surface area contributed by atoms with E-state index < -0.39 is 0 Å². The van der Waals surface area contributed by atoms with E-state index in [1.165, 1.54) is 7.11 Å². The van der Waals surface area contributed by atoms with Crippen molar-refractivity contribution in [2.45, 2.75) is 77.4 Å². The third-order valence-corrected chi connectivity index (χ3v) is 4.51. The Morgan fingerprint density at radius 2 is 1.95 bits per heavy atom. The van der Waals surface area contributed by atoms with Crippen molar-refractivity contribution in [2.75, 3.05) is 13.7 Å². The van der Waals surface area contributed by atoms with Gasteiger partial charge in [-0.3, -0.25) is 14.5 Å². The van der Waals surface area contributed by atoms with Gasteiger partial charge in [0, 0.05) is 12.1 Å². The molecule has 122 valence electrons. The van der Waals surface area contributed by atoms with Crippen molar-refractivity contribution >= 4 is 11.9 Å². The van der Waals surface area contributed by atoms with Gasteiger partial charge < -0.3 is 10.1 Å². The van der Waals surface area contributed by atoms with Crippen molar-refractivity contribution in [2.24, 2.45) is 0 Å². The van der Waals surface area contributed by atoms with Crippen LogP contribution in [0.1, 0.15) is 59.3 Å². The molecule has 5 nitrogen and oxygen atoms in total. The summed E-state index contributed by atoms with van der Waals surface area (Å²) in [7, 11) is 1.42. The maximum atomic E-state index is 12.4. The zero-order valence-corrected chi connectivity index (χ0v) is 13.9. The molecule has 1 N–H and O–H groups in total. The SMILES string of the molecule is CCC(CC)NC(=O)C(C)N1CCCCC1CC(=O)OC. The molecule has 0 radical (unpaired) electrons. The van der Waals surface area contributed by atoms with E-state index in [-0.39, 0.29) is 30.0 Å². The average molecular weight is 298 g/mol. The van der Waals surface area contributed by atoms with Gasteiger partial charge in [0.05, 0.1) is 19.6 Å². The summed E-state index contributed by atoms with van der Waals surface area (Å²) >= 11 is 0. The molecule has 1 aliphatic rings. The molecule has 1 heterocycles. The van der Waals surface area contributed by atoms with Gasteiger partial charge in [-0.05, 0) is 39.2 Å². The number of carbonyl (C=O) groups excluding carboxylic acids is 2. The van der Waals surface area contributed by atoms with E-state index >= 15 is 0 Å². The van der Waals surface area contributed by atoms with Crippen LogP contribution in [0.25, 0.3) is 0 Å². The molecule has 21 heavy (non-hydrogen) atoms. The number of rotatable bonds is 7. The van der Waals surface area contributed by atoms with Crippen molar-refractivity contribution in [3.8, 4) is 0 Å². The fraction of sp³-hybridized carbons (Fsp3) is 0.875. The molecular formula is C16H30N2O3. The number of esters is 1. The van der Waals surface area contributed by atoms with Gasteiger partial charge >= 0.3 is 5.97 Å². The molecule has 0 spiro atoms. The number of nitrogens with one attached hydrogen (secondary N) is 1. The molecule has 0 aliphatic carbocycles. The first-order chi connectivity index (χ1) is 10.0. The van der Waals surface area contributed by atoms with E-state index in [1.54, 1.807) is 0 Å². The maximum Gasteiger partial charge on any atom is 0.307 e. The largest absolute Gasteiger partial charge is 0.469 e. The highest BCUT2D eigenvalue weighted by atomic mass is 16.5. The smallest absolute Gasteiger partial charge is 0.307 e. The summed E-state index contributed by atoms with van der Waals surface area (Å²) in [5, 5.41) is 3.10. The molecule has 0 aromatic carbocycles. The van der Waals surface area contributed by atoms with Gasteiger partial charge in [-0.15, -0.1) is 0 Å². The number of likely N-dealkylation sites (tertiary alicyclic amines) is 1. The normalized spacial score (nSPS) is 21.1. The standard InChI is InChI=1S/C16H30N2O3/c1-5-13(6-2)17-16(20)12(3)18-10-8-7-9-14(18)11-15(19)21-4/h12-14H,5-11H2,1-4H3,(H,17,20). The first-order valence-electron chi connectivity index (χ1n) is 8.16. The lowest BCUT2D eigenvalue weighted by Crippen LogP contribution is -2.53. The van der Waals surface area contributed by atoms with Crippen molar-refractivity contribution < 1.29 is 14.3 Å². The number of carbonyl (C=O) groups is 2. The second-order valence-corrected chi connectivity index (χ2v) is 5.87. The molecule has 2 unspecified atom stereocenters. The van der Waals surface area contributed by atoms with Gasteiger partial charge in [0.15, 0.2) is 0 Å². The van der Waals surface area contributed by atoms with Crippen molar-refractivity contribution in [3.63, 3.8) is 0 Å². The Labute approximate surface area is 128 Å². The lowest BCUT2D eigenvalue weighted by molar-refractivity contribution is -0.143. The number of amides is 1. The van der Waals surface area contributed by atoms with Gasteiger partial charge in [-0.2, -0.15) is 0 Å². The predicted molar refractivity (Wildman–Crippen MR) is 83.0 cm³/mol. The van der Waals surface area contributed by atoms with E-state index in [9.17, 15) is 9.59 Å². The van der Waals surface area contributed by atoms with Crippen molar-refractivity contribution in [1.29, 1.82) is 0 Å². The number of ether oxygens (including phenoxy) is 1. The first-order valence-corrected chi connectivity index (χ1v) is 8.16. The van der Waals surface area contributed by atoms with Gasteiger partial charge in [0.2, 0.25) is 5.91 Å². The van der Waals surface area contributed by atoms with E-state index in [1.807, 2.05) is 6.92 Å². The lowest BCUT2D eigenvalue weighted by Gasteiger charge is -2.39. The van der Waals surface area contributed by atoms with Crippen molar-refractivity contribution in [1.82, 2.24) is 10.2 Å². The maximum absolute atomic E-state index is 12.4. The topological polar surface area (TPSA) is 58.6 Å². The molecule has 1 rings (SSSR count). The molecule has 0 bridgehead atoms. The Kier molecular flexibility index (Phi) is 7.72. The second kappa shape index (κ2) is 9.03. The van der Waals surface area contributed by atoms with Crippen LogP contribution in [0.15, 0.2) is 0 Å². The highest BCUT2D eigenvalue weighted by Gasteiger charge is 2.32. The van der Waals surface area contributed by atoms with E-state index in [0.29, 0.717) is 6.42 Å². The Morgan fingerprint density at radius 1 is 1.29 bits per heavy atom. The third kappa shape index (κ3) is 5.30. The number of methoxy groups -OCH3 is 1.